The van der Waals surface area contributed by atoms with E-state index in [4.69, 9.17) is 10.5 Å². The second-order valence-electron chi connectivity index (χ2n) is 13.1. The van der Waals surface area contributed by atoms with Crippen molar-refractivity contribution in [3.8, 4) is 5.75 Å². The molecule has 35 heavy (non-hydrogen) atoms. The number of nitrogens with two attached hydrogens (primary N) is 1. The summed E-state index contributed by atoms with van der Waals surface area (Å²) in [5.41, 5.74) is 8.25. The summed E-state index contributed by atoms with van der Waals surface area (Å²) < 4.78 is 6.60. The number of hydrogen-bond donors (Lipinski definition) is 2. The van der Waals surface area contributed by atoms with E-state index in [1.54, 1.807) is 11.8 Å². The molecular formula is C18H36B12N2O2S. The van der Waals surface area contributed by atoms with E-state index in [-0.39, 0.29) is 10.5 Å². The van der Waals surface area contributed by atoms with E-state index in [2.05, 4.69) is 102 Å². The molecule has 0 spiro atoms. The van der Waals surface area contributed by atoms with E-state index in [1.807, 2.05) is 40.0 Å². The van der Waals surface area contributed by atoms with Crippen LogP contribution in [0.15, 0.2) is 52.3 Å². The Bertz CT molecular complexity index is 1020. The fraction of sp³-hybridized carbons (Fsp3) is 0.333. The number of nitrogen functional groups attached to an aromatic ring is 1. The molecule has 17 heteroatoms. The molecule has 0 bridgehead atoms. The zero-order chi connectivity index (χ0) is 27.0. The Morgan fingerprint density at radius 2 is 1.34 bits per heavy atom. The maximum atomic E-state index is 10.8. The molecule has 172 valence electrons. The fourth-order valence-corrected chi connectivity index (χ4v) is 5.30. The van der Waals surface area contributed by atoms with Gasteiger partial charge in [0.15, 0.2) is 0 Å². The van der Waals surface area contributed by atoms with Crippen LogP contribution < -0.4 is 10.5 Å². The molecule has 2 rings (SSSR count). The number of hydrogen-bond acceptors (Lipinski definition) is 5. The van der Waals surface area contributed by atoms with Crippen LogP contribution in [0.3, 0.4) is 0 Å². The van der Waals surface area contributed by atoms with Gasteiger partial charge < -0.3 is 20.5 Å². The Morgan fingerprint density at radius 1 is 0.800 bits per heavy atom. The third-order valence-corrected chi connectivity index (χ3v) is 8.74. The minimum atomic E-state index is -0.908. The molecule has 0 aromatic heterocycles. The van der Waals surface area contributed by atoms with Gasteiger partial charge in [-0.3, -0.25) is 0 Å². The molecule has 0 amide bonds. The maximum absolute atomic E-state index is 10.8. The van der Waals surface area contributed by atoms with Crippen molar-refractivity contribution < 1.29 is 9.84 Å². The number of ether oxygens (including phenoxy) is 1. The summed E-state index contributed by atoms with van der Waals surface area (Å²) in [5.74, 6) is 0.801. The molecule has 0 unspecified atom stereocenters. The van der Waals surface area contributed by atoms with Crippen molar-refractivity contribution in [2.24, 2.45) is 0 Å². The van der Waals surface area contributed by atoms with Gasteiger partial charge in [0.25, 0.3) is 0 Å². The molecule has 0 saturated heterocycles. The SMILES string of the molecule is BC(B)(B)N(Cc1cc(OC(B)(B)C(B)(B)C(B)(B)O)ccc1Sc1ccccc1N)C(B)(B)B. The van der Waals surface area contributed by atoms with E-state index in [1.165, 1.54) is 5.56 Å². The van der Waals surface area contributed by atoms with E-state index < -0.39 is 16.0 Å². The van der Waals surface area contributed by atoms with Crippen LogP contribution in [0.1, 0.15) is 5.56 Å². The number of aliphatic hydroxyl groups is 1. The van der Waals surface area contributed by atoms with Gasteiger partial charge in [-0.05, 0) is 46.5 Å². The predicted octanol–water partition coefficient (Wildman–Crippen LogP) is -9.16. The third kappa shape index (κ3) is 7.32. The van der Waals surface area contributed by atoms with Crippen molar-refractivity contribution in [2.75, 3.05) is 5.73 Å². The lowest BCUT2D eigenvalue weighted by Gasteiger charge is -2.50. The van der Waals surface area contributed by atoms with Gasteiger partial charge in [0.2, 0.25) is 0 Å². The molecule has 0 aliphatic rings. The third-order valence-electron chi connectivity index (χ3n) is 7.53. The van der Waals surface area contributed by atoms with Crippen LogP contribution in [0.4, 0.5) is 5.69 Å². The van der Waals surface area contributed by atoms with Crippen molar-refractivity contribution in [3.63, 3.8) is 0 Å². The highest BCUT2D eigenvalue weighted by Gasteiger charge is 2.47. The molecule has 0 fully saturated rings. The summed E-state index contributed by atoms with van der Waals surface area (Å²) in [6.07, 6.45) is 0. The van der Waals surface area contributed by atoms with Gasteiger partial charge in [-0.15, -0.1) is 0 Å². The molecular weight excluding hydrogens is 438 g/mol. The number of benzene rings is 2. The molecule has 2 aromatic carbocycles. The molecule has 0 aliphatic carbocycles. The highest BCUT2D eigenvalue weighted by molar-refractivity contribution is 7.99. The van der Waals surface area contributed by atoms with Crippen molar-refractivity contribution in [1.82, 2.24) is 4.90 Å². The molecule has 0 saturated carbocycles. The zero-order valence-electron chi connectivity index (χ0n) is 24.0. The Balaban J connectivity index is 2.56. The number of para-hydroxylation sites is 1. The molecule has 0 radical (unpaired) electrons. The first-order valence-corrected chi connectivity index (χ1v) is 13.3. The van der Waals surface area contributed by atoms with Crippen LogP contribution in [-0.2, 0) is 6.54 Å². The van der Waals surface area contributed by atoms with E-state index in [9.17, 15) is 5.11 Å². The van der Waals surface area contributed by atoms with Crippen LogP contribution in [0.2, 0.25) is 5.21 Å². The maximum Gasteiger partial charge on any atom is 0.145 e. The highest BCUT2D eigenvalue weighted by Crippen LogP contribution is 2.41. The lowest BCUT2D eigenvalue weighted by Crippen LogP contribution is -2.63. The summed E-state index contributed by atoms with van der Waals surface area (Å²) in [6.45, 7) is 0.772. The Morgan fingerprint density at radius 3 is 1.83 bits per heavy atom. The first-order valence-electron chi connectivity index (χ1n) is 12.5. The molecule has 2 aromatic rings. The first-order chi connectivity index (χ1) is 15.7. The van der Waals surface area contributed by atoms with Crippen LogP contribution in [0, 0.1) is 0 Å². The minimum Gasteiger partial charge on any atom is -0.506 e. The van der Waals surface area contributed by atoms with Gasteiger partial charge in [0.1, 0.15) is 99.9 Å². The van der Waals surface area contributed by atoms with Crippen LogP contribution >= 0.6 is 11.8 Å². The summed E-state index contributed by atoms with van der Waals surface area (Å²) in [6, 6.07) is 14.3. The van der Waals surface area contributed by atoms with Crippen molar-refractivity contribution in [2.45, 2.75) is 42.8 Å². The molecule has 0 heterocycles. The van der Waals surface area contributed by atoms with Crippen LogP contribution in [0.5, 0.6) is 5.75 Å². The Hall–Kier alpha value is -0.911. The summed E-state index contributed by atoms with van der Waals surface area (Å²) in [7, 11) is 25.5. The lowest BCUT2D eigenvalue weighted by atomic mass is 9.24. The summed E-state index contributed by atoms with van der Waals surface area (Å²) in [4.78, 5) is 4.72. The van der Waals surface area contributed by atoms with Gasteiger partial charge in [-0.1, -0.05) is 34.4 Å². The van der Waals surface area contributed by atoms with E-state index >= 15 is 0 Å². The van der Waals surface area contributed by atoms with Gasteiger partial charge >= 0.3 is 0 Å². The van der Waals surface area contributed by atoms with Crippen LogP contribution in [-0.4, -0.2) is 125 Å². The zero-order valence-corrected chi connectivity index (χ0v) is 24.9. The fourth-order valence-electron chi connectivity index (χ4n) is 4.34. The van der Waals surface area contributed by atoms with Gasteiger partial charge in [-0.25, -0.2) is 0 Å². The average Bonchev–Trinajstić information content (AvgIpc) is 2.66. The van der Waals surface area contributed by atoms with E-state index in [0.717, 1.165) is 27.8 Å². The second kappa shape index (κ2) is 10.5. The Labute approximate surface area is 228 Å². The number of nitrogens with zero attached hydrogens (tertiary/aromatic N) is 1. The molecule has 0 atom stereocenters. The van der Waals surface area contributed by atoms with Crippen molar-refractivity contribution in [3.05, 3.63) is 48.0 Å². The summed E-state index contributed by atoms with van der Waals surface area (Å²) in [5, 5.41) is 8.80. The largest absolute Gasteiger partial charge is 0.506 e. The second-order valence-corrected chi connectivity index (χ2v) is 14.2. The average molecular weight is 474 g/mol. The predicted molar refractivity (Wildman–Crippen MR) is 186 cm³/mol. The highest BCUT2D eigenvalue weighted by atomic mass is 32.2. The smallest absolute Gasteiger partial charge is 0.145 e. The summed E-state index contributed by atoms with van der Waals surface area (Å²) >= 11 is 1.69. The number of rotatable bonds is 10. The first kappa shape index (κ1) is 30.3. The molecule has 0 aliphatic heterocycles. The van der Waals surface area contributed by atoms with Crippen LogP contribution in [0.25, 0.3) is 0 Å². The van der Waals surface area contributed by atoms with Crippen molar-refractivity contribution in [1.29, 1.82) is 0 Å². The quantitative estimate of drug-likeness (QED) is 0.265. The minimum absolute atomic E-state index is 0.0228. The van der Waals surface area contributed by atoms with Crippen molar-refractivity contribution >= 4 is 112 Å². The standard InChI is InChI=1S/C18H36B12N2O2S/c19-14(20,15(21,22)33)16(23,24)34-10-5-6-12(35-13-4-2-1-3-11(13)31)9(7-10)8-32(17(25,26)27)18(28,29)30/h1-7,33H,8,19-31H2. The monoisotopic (exact) mass is 476 g/mol. The molecule has 3 N–H and O–H groups in total. The van der Waals surface area contributed by atoms with Gasteiger partial charge in [0.05, 0.1) is 0 Å². The van der Waals surface area contributed by atoms with E-state index in [0.29, 0.717) is 0 Å². The Kier molecular flexibility index (Phi) is 9.05. The lowest BCUT2D eigenvalue weighted by molar-refractivity contribution is 0.116. The van der Waals surface area contributed by atoms with Gasteiger partial charge in [0, 0.05) is 27.4 Å². The van der Waals surface area contributed by atoms with Gasteiger partial charge in [-0.2, -0.15) is 0 Å². The molecule has 4 nitrogen and oxygen atoms in total. The normalized spacial score (nSPS) is 13.5. The topological polar surface area (TPSA) is 58.7 Å². The number of anilines is 1.